The Morgan fingerprint density at radius 1 is 1.10 bits per heavy atom. The molecular formula is C22H18ClNO5. The van der Waals surface area contributed by atoms with Crippen LogP contribution in [0.25, 0.3) is 11.3 Å². The zero-order chi connectivity index (χ0) is 21.0. The minimum atomic E-state index is -0.740. The van der Waals surface area contributed by atoms with Gasteiger partial charge in [0.15, 0.2) is 18.7 Å². The number of furan rings is 1. The Kier molecular flexibility index (Phi) is 6.14. The zero-order valence-corrected chi connectivity index (χ0v) is 16.6. The second-order valence-corrected chi connectivity index (χ2v) is 6.81. The lowest BCUT2D eigenvalue weighted by Crippen LogP contribution is -2.22. The standard InChI is InChI=1S/C22H18ClNO5/c1-13-4-3-5-14(2)21(13)24-20(26)12-28-22(27)17-10-15(6-8-18(17)23)19-9-7-16(11-25)29-19/h3-11H,12H2,1-2H3,(H,24,26). The van der Waals surface area contributed by atoms with Crippen LogP contribution in [0, 0.1) is 13.8 Å². The molecule has 0 fully saturated rings. The van der Waals surface area contributed by atoms with Gasteiger partial charge < -0.3 is 14.5 Å². The number of aryl methyl sites for hydroxylation is 2. The van der Waals surface area contributed by atoms with Crippen LogP contribution in [0.5, 0.6) is 0 Å². The van der Waals surface area contributed by atoms with Crippen molar-refractivity contribution in [2.45, 2.75) is 13.8 Å². The third-order valence-corrected chi connectivity index (χ3v) is 4.62. The van der Waals surface area contributed by atoms with Crippen LogP contribution in [0.15, 0.2) is 52.9 Å². The van der Waals surface area contributed by atoms with E-state index in [9.17, 15) is 14.4 Å². The van der Waals surface area contributed by atoms with Gasteiger partial charge in [-0.25, -0.2) is 4.79 Å². The summed E-state index contributed by atoms with van der Waals surface area (Å²) in [6, 6.07) is 13.4. The van der Waals surface area contributed by atoms with Gasteiger partial charge in [0.1, 0.15) is 5.76 Å². The van der Waals surface area contributed by atoms with Gasteiger partial charge in [-0.05, 0) is 55.3 Å². The first kappa shape index (κ1) is 20.4. The number of hydrogen-bond donors (Lipinski definition) is 1. The van der Waals surface area contributed by atoms with E-state index in [0.29, 0.717) is 23.3 Å². The number of halogens is 1. The molecule has 0 saturated heterocycles. The van der Waals surface area contributed by atoms with Crippen LogP contribution in [-0.2, 0) is 9.53 Å². The Balaban J connectivity index is 1.69. The van der Waals surface area contributed by atoms with Gasteiger partial charge in [0.2, 0.25) is 0 Å². The first-order valence-corrected chi connectivity index (χ1v) is 9.15. The fraction of sp³-hybridized carbons (Fsp3) is 0.136. The monoisotopic (exact) mass is 411 g/mol. The van der Waals surface area contributed by atoms with Crippen molar-refractivity contribution in [1.29, 1.82) is 0 Å². The molecule has 29 heavy (non-hydrogen) atoms. The van der Waals surface area contributed by atoms with Gasteiger partial charge in [-0.3, -0.25) is 9.59 Å². The Labute approximate surface area is 172 Å². The highest BCUT2D eigenvalue weighted by Crippen LogP contribution is 2.27. The molecule has 7 heteroatoms. The number of nitrogens with one attached hydrogen (secondary N) is 1. The molecule has 148 valence electrons. The number of carbonyl (C=O) groups excluding carboxylic acids is 3. The maximum absolute atomic E-state index is 12.4. The average molecular weight is 412 g/mol. The molecule has 1 amide bonds. The minimum absolute atomic E-state index is 0.0908. The van der Waals surface area contributed by atoms with Crippen LogP contribution in [0.1, 0.15) is 32.0 Å². The van der Waals surface area contributed by atoms with Crippen molar-refractivity contribution < 1.29 is 23.5 Å². The van der Waals surface area contributed by atoms with Crippen molar-refractivity contribution in [2.75, 3.05) is 11.9 Å². The molecule has 3 aromatic rings. The van der Waals surface area contributed by atoms with Crippen LogP contribution >= 0.6 is 11.6 Å². The Hall–Kier alpha value is -3.38. The van der Waals surface area contributed by atoms with E-state index in [1.807, 2.05) is 32.0 Å². The summed E-state index contributed by atoms with van der Waals surface area (Å²) in [6.07, 6.45) is 0.587. The summed E-state index contributed by atoms with van der Waals surface area (Å²) in [5.74, 6) is -0.617. The maximum Gasteiger partial charge on any atom is 0.340 e. The van der Waals surface area contributed by atoms with Gasteiger partial charge >= 0.3 is 5.97 Å². The van der Waals surface area contributed by atoms with Crippen LogP contribution < -0.4 is 5.32 Å². The first-order chi connectivity index (χ1) is 13.9. The summed E-state index contributed by atoms with van der Waals surface area (Å²) in [4.78, 5) is 35.4. The van der Waals surface area contributed by atoms with E-state index in [-0.39, 0.29) is 16.3 Å². The van der Waals surface area contributed by atoms with E-state index in [2.05, 4.69) is 5.32 Å². The summed E-state index contributed by atoms with van der Waals surface area (Å²) in [6.45, 7) is 3.30. The lowest BCUT2D eigenvalue weighted by molar-refractivity contribution is -0.119. The van der Waals surface area contributed by atoms with Gasteiger partial charge in [-0.15, -0.1) is 0 Å². The SMILES string of the molecule is Cc1cccc(C)c1NC(=O)COC(=O)c1cc(-c2ccc(C=O)o2)ccc1Cl. The number of hydrogen-bond acceptors (Lipinski definition) is 5. The van der Waals surface area contributed by atoms with Crippen LogP contribution in [0.2, 0.25) is 5.02 Å². The molecule has 2 aromatic carbocycles. The number of aldehydes is 1. The van der Waals surface area contributed by atoms with E-state index < -0.39 is 18.5 Å². The minimum Gasteiger partial charge on any atom is -0.453 e. The Morgan fingerprint density at radius 2 is 1.83 bits per heavy atom. The smallest absolute Gasteiger partial charge is 0.340 e. The summed E-state index contributed by atoms with van der Waals surface area (Å²) in [7, 11) is 0. The molecule has 0 aliphatic heterocycles. The highest BCUT2D eigenvalue weighted by molar-refractivity contribution is 6.33. The van der Waals surface area contributed by atoms with E-state index in [0.717, 1.165) is 11.1 Å². The summed E-state index contributed by atoms with van der Waals surface area (Å²) in [5, 5.41) is 2.93. The van der Waals surface area contributed by atoms with Crippen molar-refractivity contribution in [3.63, 3.8) is 0 Å². The van der Waals surface area contributed by atoms with E-state index >= 15 is 0 Å². The molecule has 3 rings (SSSR count). The summed E-state index contributed by atoms with van der Waals surface area (Å²) >= 11 is 6.11. The topological polar surface area (TPSA) is 85.6 Å². The Morgan fingerprint density at radius 3 is 2.48 bits per heavy atom. The molecule has 1 heterocycles. The third kappa shape index (κ3) is 4.73. The second-order valence-electron chi connectivity index (χ2n) is 6.41. The highest BCUT2D eigenvalue weighted by Gasteiger charge is 2.17. The highest BCUT2D eigenvalue weighted by atomic mass is 35.5. The molecule has 0 bridgehead atoms. The maximum atomic E-state index is 12.4. The van der Waals surface area contributed by atoms with Crippen molar-refractivity contribution >= 4 is 35.5 Å². The average Bonchev–Trinajstić information content (AvgIpc) is 3.18. The number of ether oxygens (including phenoxy) is 1. The number of para-hydroxylation sites is 1. The number of amides is 1. The Bertz CT molecular complexity index is 1070. The van der Waals surface area contributed by atoms with E-state index in [1.165, 1.54) is 18.2 Å². The largest absolute Gasteiger partial charge is 0.453 e. The van der Waals surface area contributed by atoms with Crippen molar-refractivity contribution in [3.05, 3.63) is 76.0 Å². The quantitative estimate of drug-likeness (QED) is 0.464. The van der Waals surface area contributed by atoms with Gasteiger partial charge in [-0.1, -0.05) is 29.8 Å². The van der Waals surface area contributed by atoms with E-state index in [1.54, 1.807) is 12.1 Å². The molecule has 0 saturated carbocycles. The summed E-state index contributed by atoms with van der Waals surface area (Å²) in [5.41, 5.74) is 3.15. The zero-order valence-electron chi connectivity index (χ0n) is 15.8. The number of carbonyl (C=O) groups is 3. The fourth-order valence-electron chi connectivity index (χ4n) is 2.80. The molecule has 6 nitrogen and oxygen atoms in total. The van der Waals surface area contributed by atoms with Gasteiger partial charge in [-0.2, -0.15) is 0 Å². The fourth-order valence-corrected chi connectivity index (χ4v) is 3.00. The predicted molar refractivity (Wildman–Crippen MR) is 109 cm³/mol. The molecule has 1 aromatic heterocycles. The number of benzene rings is 2. The van der Waals surface area contributed by atoms with Gasteiger partial charge in [0, 0.05) is 11.3 Å². The number of anilines is 1. The summed E-state index contributed by atoms with van der Waals surface area (Å²) < 4.78 is 10.5. The van der Waals surface area contributed by atoms with Crippen molar-refractivity contribution in [2.24, 2.45) is 0 Å². The van der Waals surface area contributed by atoms with Gasteiger partial charge in [0.05, 0.1) is 10.6 Å². The molecule has 0 aliphatic carbocycles. The molecule has 0 spiro atoms. The molecule has 0 radical (unpaired) electrons. The lowest BCUT2D eigenvalue weighted by atomic mass is 10.1. The van der Waals surface area contributed by atoms with Crippen LogP contribution in [0.4, 0.5) is 5.69 Å². The number of rotatable bonds is 6. The normalized spacial score (nSPS) is 10.4. The molecular weight excluding hydrogens is 394 g/mol. The molecule has 0 atom stereocenters. The van der Waals surface area contributed by atoms with Crippen LogP contribution in [-0.4, -0.2) is 24.8 Å². The molecule has 0 aliphatic rings. The molecule has 1 N–H and O–H groups in total. The van der Waals surface area contributed by atoms with Crippen molar-refractivity contribution in [1.82, 2.24) is 0 Å². The first-order valence-electron chi connectivity index (χ1n) is 8.77. The number of esters is 1. The molecule has 0 unspecified atom stereocenters. The van der Waals surface area contributed by atoms with Crippen molar-refractivity contribution in [3.8, 4) is 11.3 Å². The predicted octanol–water partition coefficient (Wildman–Crippen LogP) is 4.82. The second kappa shape index (κ2) is 8.75. The lowest BCUT2D eigenvalue weighted by Gasteiger charge is -2.12. The van der Waals surface area contributed by atoms with Crippen LogP contribution in [0.3, 0.4) is 0 Å². The van der Waals surface area contributed by atoms with E-state index in [4.69, 9.17) is 20.8 Å². The van der Waals surface area contributed by atoms with Gasteiger partial charge in [0.25, 0.3) is 5.91 Å². The third-order valence-electron chi connectivity index (χ3n) is 4.29.